The lowest BCUT2D eigenvalue weighted by molar-refractivity contribution is 0.0690. The molecule has 0 aliphatic heterocycles. The monoisotopic (exact) mass is 419 g/mol. The summed E-state index contributed by atoms with van der Waals surface area (Å²) in [7, 11) is -8.95. The molecule has 0 spiro atoms. The summed E-state index contributed by atoms with van der Waals surface area (Å²) >= 11 is 5.79. The van der Waals surface area contributed by atoms with Gasteiger partial charge in [0.15, 0.2) is 0 Å². The maximum Gasteiger partial charge on any atom is 0.354 e. The highest BCUT2D eigenvalue weighted by atomic mass is 35.5. The fourth-order valence-electron chi connectivity index (χ4n) is 1.98. The zero-order valence-electron chi connectivity index (χ0n) is 12.6. The number of carbonyl (C=O) groups is 2. The summed E-state index contributed by atoms with van der Waals surface area (Å²) in [5.41, 5.74) is -1.45. The maximum absolute atomic E-state index is 12.6. The van der Waals surface area contributed by atoms with Crippen LogP contribution >= 0.6 is 11.6 Å². The van der Waals surface area contributed by atoms with E-state index in [4.69, 9.17) is 27.0 Å². The predicted octanol–water partition coefficient (Wildman–Crippen LogP) is -0.0410. The molecule has 0 amide bonds. The van der Waals surface area contributed by atoms with Crippen LogP contribution in [-0.4, -0.2) is 38.7 Å². The molecule has 138 valence electrons. The molecule has 0 radical (unpaired) electrons. The number of nitrogens with zero attached hydrogens (tertiary/aromatic N) is 1. The molecule has 2 rings (SSSR count). The molecule has 13 heteroatoms. The minimum absolute atomic E-state index is 0.408. The zero-order chi connectivity index (χ0) is 19.9. The van der Waals surface area contributed by atoms with Crippen molar-refractivity contribution in [3.8, 4) is 0 Å². The molecule has 2 aromatic rings. The van der Waals surface area contributed by atoms with E-state index in [0.717, 1.165) is 18.2 Å². The molecule has 5 N–H and O–H groups in total. The average molecular weight is 420 g/mol. The Labute approximate surface area is 152 Å². The van der Waals surface area contributed by atoms with Crippen molar-refractivity contribution in [3.63, 3.8) is 0 Å². The molecule has 0 fully saturated rings. The lowest BCUT2D eigenvalue weighted by atomic mass is 10.1. The largest absolute Gasteiger partial charge is 0.477 e. The van der Waals surface area contributed by atoms with E-state index in [1.807, 2.05) is 0 Å². The van der Waals surface area contributed by atoms with Crippen molar-refractivity contribution < 1.29 is 31.5 Å². The molecule has 0 aliphatic rings. The molecular formula is C13H10ClN3O7S2. The molecule has 1 aromatic carbocycles. The molecule has 26 heavy (non-hydrogen) atoms. The average Bonchev–Trinajstić information content (AvgIpc) is 2.51. The van der Waals surface area contributed by atoms with Gasteiger partial charge in [-0.25, -0.2) is 36.9 Å². The molecular weight excluding hydrogens is 410 g/mol. The molecule has 0 atom stereocenters. The molecule has 1 heterocycles. The highest BCUT2D eigenvalue weighted by Gasteiger charge is 2.27. The van der Waals surface area contributed by atoms with E-state index in [2.05, 4.69) is 4.98 Å². The van der Waals surface area contributed by atoms with Gasteiger partial charge in [-0.2, -0.15) is 0 Å². The number of carboxylic acids is 1. The minimum Gasteiger partial charge on any atom is -0.477 e. The van der Waals surface area contributed by atoms with Gasteiger partial charge >= 0.3 is 5.97 Å². The summed E-state index contributed by atoms with van der Waals surface area (Å²) in [6.45, 7) is 0. The van der Waals surface area contributed by atoms with E-state index in [9.17, 15) is 26.4 Å². The van der Waals surface area contributed by atoms with Crippen LogP contribution in [0.5, 0.6) is 0 Å². The SMILES string of the molecule is NS(=O)(=O)c1cc(S(N)(=O)=O)c(C(=O)c2cccc(C(=O)O)n2)cc1Cl. The number of hydrogen-bond donors (Lipinski definition) is 3. The van der Waals surface area contributed by atoms with Gasteiger partial charge in [0.25, 0.3) is 0 Å². The van der Waals surface area contributed by atoms with E-state index >= 15 is 0 Å². The summed E-state index contributed by atoms with van der Waals surface area (Å²) < 4.78 is 46.6. The first-order valence-corrected chi connectivity index (χ1v) is 9.93. The second-order valence-corrected chi connectivity index (χ2v) is 8.38. The van der Waals surface area contributed by atoms with Crippen molar-refractivity contribution in [2.75, 3.05) is 0 Å². The number of ketones is 1. The molecule has 0 saturated carbocycles. The quantitative estimate of drug-likeness (QED) is 0.562. The summed E-state index contributed by atoms with van der Waals surface area (Å²) in [5.74, 6) is -2.44. The summed E-state index contributed by atoms with van der Waals surface area (Å²) in [5, 5.41) is 18.4. The van der Waals surface area contributed by atoms with Crippen LogP contribution in [0.15, 0.2) is 40.1 Å². The van der Waals surface area contributed by atoms with Gasteiger partial charge in [-0.1, -0.05) is 17.7 Å². The molecule has 0 unspecified atom stereocenters. The van der Waals surface area contributed by atoms with Gasteiger partial charge < -0.3 is 5.11 Å². The Balaban J connectivity index is 2.77. The van der Waals surface area contributed by atoms with Crippen molar-refractivity contribution in [1.29, 1.82) is 0 Å². The van der Waals surface area contributed by atoms with Crippen LogP contribution in [0, 0.1) is 0 Å². The van der Waals surface area contributed by atoms with Crippen molar-refractivity contribution in [2.45, 2.75) is 9.79 Å². The van der Waals surface area contributed by atoms with Crippen LogP contribution in [0.2, 0.25) is 5.02 Å². The van der Waals surface area contributed by atoms with Crippen LogP contribution in [0.1, 0.15) is 26.5 Å². The Bertz CT molecular complexity index is 1140. The maximum atomic E-state index is 12.6. The Morgan fingerprint density at radius 1 is 0.962 bits per heavy atom. The number of nitrogens with two attached hydrogens (primary N) is 2. The van der Waals surface area contributed by atoms with Gasteiger partial charge in [0.2, 0.25) is 25.8 Å². The van der Waals surface area contributed by atoms with Gasteiger partial charge in [0.05, 0.1) is 9.92 Å². The third kappa shape index (κ3) is 4.05. The first kappa shape index (κ1) is 19.9. The third-order valence-electron chi connectivity index (χ3n) is 3.09. The molecule has 1 aromatic heterocycles. The van der Waals surface area contributed by atoms with Gasteiger partial charge in [0, 0.05) is 5.56 Å². The van der Waals surface area contributed by atoms with Gasteiger partial charge in [-0.3, -0.25) is 4.79 Å². The summed E-state index contributed by atoms with van der Waals surface area (Å²) in [6, 6.07) is 4.81. The zero-order valence-corrected chi connectivity index (χ0v) is 15.0. The number of aromatic nitrogens is 1. The van der Waals surface area contributed by atoms with Crippen molar-refractivity contribution in [1.82, 2.24) is 4.98 Å². The Morgan fingerprint density at radius 2 is 1.50 bits per heavy atom. The van der Waals surface area contributed by atoms with Gasteiger partial charge in [0.1, 0.15) is 16.3 Å². The Hall–Kier alpha value is -2.38. The van der Waals surface area contributed by atoms with Crippen LogP contribution < -0.4 is 10.3 Å². The predicted molar refractivity (Wildman–Crippen MR) is 88.8 cm³/mol. The number of carbonyl (C=O) groups excluding carboxylic acids is 1. The van der Waals surface area contributed by atoms with Gasteiger partial charge in [-0.15, -0.1) is 0 Å². The van der Waals surface area contributed by atoms with Crippen LogP contribution in [0.3, 0.4) is 0 Å². The van der Waals surface area contributed by atoms with E-state index in [0.29, 0.717) is 6.07 Å². The molecule has 0 bridgehead atoms. The number of carboxylic acid groups (broad SMARTS) is 1. The van der Waals surface area contributed by atoms with Crippen LogP contribution in [-0.2, 0) is 20.0 Å². The summed E-state index contributed by atoms with van der Waals surface area (Å²) in [6.07, 6.45) is 0. The number of aromatic carboxylic acids is 1. The highest BCUT2D eigenvalue weighted by Crippen LogP contribution is 2.28. The Morgan fingerprint density at radius 3 is 2.00 bits per heavy atom. The number of hydrogen-bond acceptors (Lipinski definition) is 7. The van der Waals surface area contributed by atoms with Crippen LogP contribution in [0.25, 0.3) is 0 Å². The topological polar surface area (TPSA) is 188 Å². The fourth-order valence-corrected chi connectivity index (χ4v) is 3.90. The third-order valence-corrected chi connectivity index (χ3v) is 5.42. The number of halogens is 1. The van der Waals surface area contributed by atoms with E-state index in [-0.39, 0.29) is 0 Å². The van der Waals surface area contributed by atoms with E-state index in [1.54, 1.807) is 0 Å². The minimum atomic E-state index is -4.56. The first-order chi connectivity index (χ1) is 11.8. The van der Waals surface area contributed by atoms with Crippen molar-refractivity contribution in [2.24, 2.45) is 10.3 Å². The second kappa shape index (κ2) is 6.74. The lowest BCUT2D eigenvalue weighted by Gasteiger charge is -2.11. The first-order valence-electron chi connectivity index (χ1n) is 6.46. The van der Waals surface area contributed by atoms with Crippen LogP contribution in [0.4, 0.5) is 0 Å². The summed E-state index contributed by atoms with van der Waals surface area (Å²) in [4.78, 5) is 25.6. The Kier molecular flexibility index (Phi) is 5.17. The lowest BCUT2D eigenvalue weighted by Crippen LogP contribution is -2.21. The van der Waals surface area contributed by atoms with E-state index in [1.165, 1.54) is 6.07 Å². The standard InChI is InChI=1S/C13H10ClN3O7S2/c14-7-4-6(10(25(15,21)22)5-11(7)26(16,23)24)12(18)8-2-1-3-9(17-8)13(19)20/h1-5H,(H,19,20)(H2,15,21,22)(H2,16,23,24). The number of pyridine rings is 1. The smallest absolute Gasteiger partial charge is 0.354 e. The van der Waals surface area contributed by atoms with Crippen molar-refractivity contribution >= 4 is 43.4 Å². The number of rotatable bonds is 5. The van der Waals surface area contributed by atoms with Gasteiger partial charge in [-0.05, 0) is 24.3 Å². The number of primary sulfonamides is 2. The number of benzene rings is 1. The molecule has 10 nitrogen and oxygen atoms in total. The molecule has 0 aliphatic carbocycles. The second-order valence-electron chi connectivity index (χ2n) is 4.91. The normalized spacial score (nSPS) is 12.0. The van der Waals surface area contributed by atoms with Crippen molar-refractivity contribution in [3.05, 3.63) is 52.3 Å². The van der Waals surface area contributed by atoms with E-state index < -0.39 is 63.6 Å². The molecule has 0 saturated heterocycles. The fraction of sp³-hybridized carbons (Fsp3) is 0. The number of sulfonamides is 2. The highest BCUT2D eigenvalue weighted by molar-refractivity contribution is 7.90.